The van der Waals surface area contributed by atoms with Crippen molar-refractivity contribution in [3.8, 4) is 17.1 Å². The Morgan fingerprint density at radius 1 is 1.29 bits per heavy atom. The second-order valence-electron chi connectivity index (χ2n) is 6.12. The summed E-state index contributed by atoms with van der Waals surface area (Å²) in [4.78, 5) is 16.8. The zero-order chi connectivity index (χ0) is 20.1. The van der Waals surface area contributed by atoms with Gasteiger partial charge in [0.05, 0.1) is 12.1 Å². The summed E-state index contributed by atoms with van der Waals surface area (Å²) < 4.78 is 20.4. The number of rotatable bonds is 7. The Morgan fingerprint density at radius 3 is 2.82 bits per heavy atom. The fraction of sp³-hybridized carbons (Fsp3) is 0.250. The first-order valence-corrected chi connectivity index (χ1v) is 9.16. The van der Waals surface area contributed by atoms with E-state index in [1.54, 1.807) is 13.2 Å². The topological polar surface area (TPSA) is 69.0 Å². The van der Waals surface area contributed by atoms with Crippen LogP contribution in [0.1, 0.15) is 18.3 Å². The molecule has 0 bridgehead atoms. The van der Waals surface area contributed by atoms with E-state index >= 15 is 0 Å². The number of amides is 1. The predicted octanol–water partition coefficient (Wildman–Crippen LogP) is 3.63. The lowest BCUT2D eigenvalue weighted by atomic mass is 10.2. The Kier molecular flexibility index (Phi) is 6.26. The fourth-order valence-corrected chi connectivity index (χ4v) is 2.81. The first kappa shape index (κ1) is 19.8. The number of hydrogen-bond donors (Lipinski definition) is 1. The molecule has 0 saturated carbocycles. The lowest BCUT2D eigenvalue weighted by molar-refractivity contribution is -0.122. The van der Waals surface area contributed by atoms with Crippen molar-refractivity contribution in [2.75, 3.05) is 7.11 Å². The molecule has 3 rings (SSSR count). The molecule has 1 aromatic heterocycles. The van der Waals surface area contributed by atoms with Gasteiger partial charge < -0.3 is 10.1 Å². The zero-order valence-electron chi connectivity index (χ0n) is 15.6. The third-order valence-corrected chi connectivity index (χ3v) is 4.47. The molecule has 0 atom stereocenters. The van der Waals surface area contributed by atoms with Crippen LogP contribution in [0.5, 0.6) is 5.75 Å². The molecule has 0 radical (unpaired) electrons. The van der Waals surface area contributed by atoms with E-state index in [4.69, 9.17) is 16.3 Å². The molecule has 1 heterocycles. The van der Waals surface area contributed by atoms with Gasteiger partial charge in [-0.25, -0.2) is 14.1 Å². The molecule has 0 aliphatic carbocycles. The quantitative estimate of drug-likeness (QED) is 0.655. The van der Waals surface area contributed by atoms with Crippen LogP contribution in [0, 0.1) is 5.82 Å². The summed E-state index contributed by atoms with van der Waals surface area (Å²) >= 11 is 5.72. The summed E-state index contributed by atoms with van der Waals surface area (Å²) in [5.41, 5.74) is 1.44. The average molecular weight is 403 g/mol. The summed E-state index contributed by atoms with van der Waals surface area (Å²) in [6.07, 6.45) is 0.590. The third-order valence-electron chi connectivity index (χ3n) is 4.16. The minimum atomic E-state index is -0.537. The second kappa shape index (κ2) is 8.84. The number of methoxy groups -OCH3 is 1. The third kappa shape index (κ3) is 4.67. The number of carbonyl (C=O) groups excluding carboxylic acids is 1. The summed E-state index contributed by atoms with van der Waals surface area (Å²) in [6, 6.07) is 11.9. The Hall–Kier alpha value is -2.93. The molecule has 2 aromatic carbocycles. The summed E-state index contributed by atoms with van der Waals surface area (Å²) in [6.45, 7) is 2.32. The van der Waals surface area contributed by atoms with Gasteiger partial charge in [0, 0.05) is 18.5 Å². The molecular weight excluding hydrogens is 383 g/mol. The average Bonchev–Trinajstić information content (AvgIpc) is 3.11. The van der Waals surface area contributed by atoms with E-state index in [9.17, 15) is 9.18 Å². The van der Waals surface area contributed by atoms with Crippen molar-refractivity contribution in [1.29, 1.82) is 0 Å². The zero-order valence-corrected chi connectivity index (χ0v) is 16.3. The molecule has 28 heavy (non-hydrogen) atoms. The standard InChI is InChI=1S/C20H20ClFN4O2/c1-3-18-24-20(14-7-8-16(21)17(22)10-14)25-26(18)12-19(27)23-11-13-5-4-6-15(9-13)28-2/h4-10H,3,11-12H2,1-2H3,(H,23,27). The van der Waals surface area contributed by atoms with Gasteiger partial charge in [0.25, 0.3) is 0 Å². The molecule has 0 spiro atoms. The Bertz CT molecular complexity index is 990. The van der Waals surface area contributed by atoms with Gasteiger partial charge >= 0.3 is 0 Å². The van der Waals surface area contributed by atoms with Gasteiger partial charge in [0.2, 0.25) is 5.91 Å². The lowest BCUT2D eigenvalue weighted by Crippen LogP contribution is -2.28. The van der Waals surface area contributed by atoms with E-state index in [1.165, 1.54) is 16.8 Å². The summed E-state index contributed by atoms with van der Waals surface area (Å²) in [5.74, 6) is 0.992. The number of hydrogen-bond acceptors (Lipinski definition) is 4. The molecule has 0 aliphatic heterocycles. The number of carbonyl (C=O) groups is 1. The normalized spacial score (nSPS) is 10.7. The summed E-state index contributed by atoms with van der Waals surface area (Å²) in [5, 5.41) is 7.25. The van der Waals surface area contributed by atoms with E-state index in [-0.39, 0.29) is 17.5 Å². The van der Waals surface area contributed by atoms with E-state index < -0.39 is 5.82 Å². The molecular formula is C20H20ClFN4O2. The van der Waals surface area contributed by atoms with Gasteiger partial charge in [0.1, 0.15) is 23.9 Å². The minimum Gasteiger partial charge on any atom is -0.497 e. The molecule has 1 amide bonds. The Labute approximate surface area is 167 Å². The lowest BCUT2D eigenvalue weighted by Gasteiger charge is -2.08. The highest BCUT2D eigenvalue weighted by Gasteiger charge is 2.14. The van der Waals surface area contributed by atoms with Crippen LogP contribution in [0.3, 0.4) is 0 Å². The van der Waals surface area contributed by atoms with Crippen LogP contribution in [0.25, 0.3) is 11.4 Å². The van der Waals surface area contributed by atoms with Crippen molar-refractivity contribution in [2.45, 2.75) is 26.4 Å². The summed E-state index contributed by atoms with van der Waals surface area (Å²) in [7, 11) is 1.60. The van der Waals surface area contributed by atoms with Crippen LogP contribution in [-0.4, -0.2) is 27.8 Å². The van der Waals surface area contributed by atoms with Gasteiger partial charge in [-0.3, -0.25) is 4.79 Å². The van der Waals surface area contributed by atoms with E-state index in [2.05, 4.69) is 15.4 Å². The van der Waals surface area contributed by atoms with Gasteiger partial charge in [-0.15, -0.1) is 0 Å². The van der Waals surface area contributed by atoms with E-state index in [0.717, 1.165) is 11.3 Å². The maximum atomic E-state index is 13.7. The number of benzene rings is 2. The number of aryl methyl sites for hydroxylation is 1. The Morgan fingerprint density at radius 2 is 2.11 bits per heavy atom. The predicted molar refractivity (Wildman–Crippen MR) is 105 cm³/mol. The second-order valence-corrected chi connectivity index (χ2v) is 6.53. The number of halogens is 2. The number of ether oxygens (including phenoxy) is 1. The SMILES string of the molecule is CCc1nc(-c2ccc(Cl)c(F)c2)nn1CC(=O)NCc1cccc(OC)c1. The largest absolute Gasteiger partial charge is 0.497 e. The number of nitrogens with zero attached hydrogens (tertiary/aromatic N) is 3. The van der Waals surface area contributed by atoms with Crippen LogP contribution in [0.2, 0.25) is 5.02 Å². The van der Waals surface area contributed by atoms with Gasteiger partial charge in [-0.1, -0.05) is 30.7 Å². The fourth-order valence-electron chi connectivity index (χ4n) is 2.70. The maximum Gasteiger partial charge on any atom is 0.242 e. The molecule has 8 heteroatoms. The van der Waals surface area contributed by atoms with Crippen molar-refractivity contribution in [2.24, 2.45) is 0 Å². The molecule has 146 valence electrons. The van der Waals surface area contributed by atoms with Crippen LogP contribution in [-0.2, 0) is 24.3 Å². The van der Waals surface area contributed by atoms with Crippen molar-refractivity contribution >= 4 is 17.5 Å². The van der Waals surface area contributed by atoms with Crippen molar-refractivity contribution in [3.05, 3.63) is 64.7 Å². The molecule has 0 fully saturated rings. The van der Waals surface area contributed by atoms with Crippen molar-refractivity contribution < 1.29 is 13.9 Å². The van der Waals surface area contributed by atoms with Gasteiger partial charge in [-0.2, -0.15) is 5.10 Å². The van der Waals surface area contributed by atoms with Crippen molar-refractivity contribution in [1.82, 2.24) is 20.1 Å². The van der Waals surface area contributed by atoms with Gasteiger partial charge in [0.15, 0.2) is 5.82 Å². The first-order chi connectivity index (χ1) is 13.5. The smallest absolute Gasteiger partial charge is 0.242 e. The van der Waals surface area contributed by atoms with E-state index in [0.29, 0.717) is 30.2 Å². The molecule has 0 aliphatic rings. The highest BCUT2D eigenvalue weighted by Crippen LogP contribution is 2.22. The van der Waals surface area contributed by atoms with Crippen molar-refractivity contribution in [3.63, 3.8) is 0 Å². The van der Waals surface area contributed by atoms with Crippen LogP contribution >= 0.6 is 11.6 Å². The van der Waals surface area contributed by atoms with Crippen LogP contribution in [0.15, 0.2) is 42.5 Å². The number of nitrogens with one attached hydrogen (secondary N) is 1. The highest BCUT2D eigenvalue weighted by atomic mass is 35.5. The monoisotopic (exact) mass is 402 g/mol. The number of aromatic nitrogens is 3. The molecule has 0 unspecified atom stereocenters. The minimum absolute atomic E-state index is 0.0240. The van der Waals surface area contributed by atoms with E-state index in [1.807, 2.05) is 31.2 Å². The van der Waals surface area contributed by atoms with Gasteiger partial charge in [-0.05, 0) is 35.9 Å². The molecule has 1 N–H and O–H groups in total. The Balaban J connectivity index is 1.69. The van der Waals surface area contributed by atoms with Crippen LogP contribution in [0.4, 0.5) is 4.39 Å². The maximum absolute atomic E-state index is 13.7. The molecule has 3 aromatic rings. The first-order valence-electron chi connectivity index (χ1n) is 8.79. The highest BCUT2D eigenvalue weighted by molar-refractivity contribution is 6.30. The molecule has 0 saturated heterocycles. The molecule has 6 nitrogen and oxygen atoms in total. The van der Waals surface area contributed by atoms with Crippen LogP contribution < -0.4 is 10.1 Å².